The molecule has 0 aliphatic carbocycles. The number of hydrogen-bond acceptors (Lipinski definition) is 3. The Hall–Kier alpha value is 0.0274. The molecule has 0 amide bonds. The van der Waals surface area contributed by atoms with Gasteiger partial charge >= 0.3 is 18.9 Å². The fraction of sp³-hybridized carbons (Fsp3) is 0.978. The average Bonchev–Trinajstić information content (AvgIpc) is 3.09. The van der Waals surface area contributed by atoms with Gasteiger partial charge in [-0.2, -0.15) is 0 Å². The third-order valence-electron chi connectivity index (χ3n) is 11.0. The molecule has 0 heterocycles. The van der Waals surface area contributed by atoms with E-state index in [4.69, 9.17) is 0 Å². The number of carboxylic acids is 1. The first kappa shape index (κ1) is 52.1. The third-order valence-corrected chi connectivity index (χ3v) is 11.0. The van der Waals surface area contributed by atoms with E-state index >= 15 is 0 Å². The molecule has 0 N–H and O–H groups in total. The predicted octanol–water partition coefficient (Wildman–Crippen LogP) is 11.7. The molecule has 0 fully saturated rings. The van der Waals surface area contributed by atoms with Crippen molar-refractivity contribution in [2.24, 2.45) is 0 Å². The van der Waals surface area contributed by atoms with Gasteiger partial charge < -0.3 is 9.90 Å². The van der Waals surface area contributed by atoms with E-state index in [9.17, 15) is 9.90 Å². The van der Waals surface area contributed by atoms with Gasteiger partial charge in [-0.1, -0.05) is 258 Å². The largest absolute Gasteiger partial charge is 1.00 e. The van der Waals surface area contributed by atoms with Crippen LogP contribution >= 0.6 is 0 Å². The minimum Gasteiger partial charge on any atom is -0.549 e. The number of carbonyl (C=O) groups excluding carboxylic acids is 1. The van der Waals surface area contributed by atoms with E-state index in [-0.39, 0.29) is 25.4 Å². The van der Waals surface area contributed by atoms with Gasteiger partial charge in [0.05, 0.1) is 5.97 Å². The second-order valence-electron chi connectivity index (χ2n) is 16.1. The van der Waals surface area contributed by atoms with Gasteiger partial charge in [0.15, 0.2) is 0 Å². The van der Waals surface area contributed by atoms with Crippen molar-refractivity contribution < 1.29 is 28.8 Å². The molecular formula is C46H92LiNO2. The number of unbranched alkanes of at least 4 members (excludes halogenated alkanes) is 38. The fourth-order valence-corrected chi connectivity index (χ4v) is 7.63. The predicted molar refractivity (Wildman–Crippen MR) is 217 cm³/mol. The number of carboxylic acid groups (broad SMARTS) is 1. The van der Waals surface area contributed by atoms with E-state index in [2.05, 4.69) is 18.7 Å². The SMILES string of the molecule is CCCCCCCCCCCCCCCCCCCCCCN(CCCCCCCCCCCCCCCCCCCCCC)CC(=O)[O-].[Li+]. The molecule has 0 rings (SSSR count). The van der Waals surface area contributed by atoms with Gasteiger partial charge in [-0.25, -0.2) is 0 Å². The molecule has 0 aliphatic heterocycles. The van der Waals surface area contributed by atoms with Gasteiger partial charge in [-0.15, -0.1) is 0 Å². The standard InChI is InChI=1S/C46H93NO2.Li/c1-3-5-7-9-11-13-15-17-19-21-23-25-27-29-31-33-35-37-39-41-43-47(45-46(48)49)44-42-40-38-36-34-32-30-28-26-24-22-20-18-16-14-12-10-8-6-4-2;/h3-45H2,1-2H3,(H,48,49);/q;+1/p-1. The molecule has 0 spiro atoms. The van der Waals surface area contributed by atoms with Crippen LogP contribution in [0, 0.1) is 0 Å². The van der Waals surface area contributed by atoms with Crippen molar-refractivity contribution in [1.29, 1.82) is 0 Å². The molecular weight excluding hydrogens is 605 g/mol. The van der Waals surface area contributed by atoms with Gasteiger partial charge in [0, 0.05) is 6.54 Å². The van der Waals surface area contributed by atoms with Gasteiger partial charge in [0.2, 0.25) is 0 Å². The summed E-state index contributed by atoms with van der Waals surface area (Å²) in [6.07, 6.45) is 55.8. The number of rotatable bonds is 44. The van der Waals surface area contributed by atoms with Crippen LogP contribution in [0.4, 0.5) is 0 Å². The first-order valence-electron chi connectivity index (χ1n) is 23.1. The molecule has 0 saturated heterocycles. The summed E-state index contributed by atoms with van der Waals surface area (Å²) in [5.41, 5.74) is 0. The molecule has 0 aliphatic rings. The minimum absolute atomic E-state index is 0. The zero-order chi connectivity index (χ0) is 35.6. The van der Waals surface area contributed by atoms with E-state index in [1.165, 1.54) is 244 Å². The summed E-state index contributed by atoms with van der Waals surface area (Å²) in [6.45, 7) is 6.55. The van der Waals surface area contributed by atoms with Crippen molar-refractivity contribution in [1.82, 2.24) is 4.90 Å². The molecule has 0 atom stereocenters. The van der Waals surface area contributed by atoms with Crippen molar-refractivity contribution in [2.75, 3.05) is 19.6 Å². The minimum atomic E-state index is -0.915. The van der Waals surface area contributed by atoms with Crippen molar-refractivity contribution in [3.05, 3.63) is 0 Å². The Labute approximate surface area is 328 Å². The molecule has 0 radical (unpaired) electrons. The molecule has 0 bridgehead atoms. The van der Waals surface area contributed by atoms with Crippen LogP contribution < -0.4 is 24.0 Å². The summed E-state index contributed by atoms with van der Waals surface area (Å²) < 4.78 is 0. The topological polar surface area (TPSA) is 43.4 Å². The van der Waals surface area contributed by atoms with Gasteiger partial charge in [0.25, 0.3) is 0 Å². The van der Waals surface area contributed by atoms with Crippen LogP contribution in [0.2, 0.25) is 0 Å². The monoisotopic (exact) mass is 698 g/mol. The number of carbonyl (C=O) groups is 1. The van der Waals surface area contributed by atoms with Gasteiger partial charge in [-0.05, 0) is 25.9 Å². The zero-order valence-corrected chi connectivity index (χ0v) is 35.2. The Morgan fingerprint density at radius 3 is 0.640 bits per heavy atom. The molecule has 3 nitrogen and oxygen atoms in total. The molecule has 0 aromatic heterocycles. The maximum absolute atomic E-state index is 11.3. The Morgan fingerprint density at radius 1 is 0.320 bits per heavy atom. The van der Waals surface area contributed by atoms with E-state index in [1.54, 1.807) is 0 Å². The van der Waals surface area contributed by atoms with Crippen LogP contribution in [-0.4, -0.2) is 30.5 Å². The molecule has 0 saturated carbocycles. The molecule has 0 aromatic carbocycles. The van der Waals surface area contributed by atoms with Crippen LogP contribution in [0.25, 0.3) is 0 Å². The molecule has 50 heavy (non-hydrogen) atoms. The summed E-state index contributed by atoms with van der Waals surface area (Å²) in [4.78, 5) is 13.4. The quantitative estimate of drug-likeness (QED) is 0.0470. The van der Waals surface area contributed by atoms with Crippen LogP contribution in [-0.2, 0) is 4.79 Å². The molecule has 0 unspecified atom stereocenters. The second-order valence-corrected chi connectivity index (χ2v) is 16.1. The van der Waals surface area contributed by atoms with Crippen molar-refractivity contribution in [2.45, 2.75) is 271 Å². The van der Waals surface area contributed by atoms with Crippen LogP contribution in [0.15, 0.2) is 0 Å². The normalized spacial score (nSPS) is 11.4. The van der Waals surface area contributed by atoms with Crippen molar-refractivity contribution in [3.63, 3.8) is 0 Å². The number of nitrogens with zero attached hydrogens (tertiary/aromatic N) is 1. The van der Waals surface area contributed by atoms with Crippen LogP contribution in [0.5, 0.6) is 0 Å². The van der Waals surface area contributed by atoms with E-state index in [1.807, 2.05) is 0 Å². The Kier molecular flexibility index (Phi) is 49.1. The average molecular weight is 698 g/mol. The summed E-state index contributed by atoms with van der Waals surface area (Å²) in [5.74, 6) is -0.915. The zero-order valence-electron chi connectivity index (χ0n) is 35.2. The summed E-state index contributed by atoms with van der Waals surface area (Å²) in [7, 11) is 0. The molecule has 0 aromatic rings. The first-order valence-corrected chi connectivity index (χ1v) is 23.1. The van der Waals surface area contributed by atoms with E-state index in [0.29, 0.717) is 0 Å². The summed E-state index contributed by atoms with van der Waals surface area (Å²) in [5, 5.41) is 11.3. The summed E-state index contributed by atoms with van der Waals surface area (Å²) >= 11 is 0. The number of hydrogen-bond donors (Lipinski definition) is 0. The van der Waals surface area contributed by atoms with Crippen molar-refractivity contribution in [3.8, 4) is 0 Å². The Morgan fingerprint density at radius 2 is 0.480 bits per heavy atom. The second kappa shape index (κ2) is 47.0. The van der Waals surface area contributed by atoms with Gasteiger partial charge in [-0.3, -0.25) is 4.90 Å². The molecule has 4 heteroatoms. The number of aliphatic carboxylic acids is 1. The van der Waals surface area contributed by atoms with Crippen LogP contribution in [0.3, 0.4) is 0 Å². The van der Waals surface area contributed by atoms with E-state index < -0.39 is 5.97 Å². The Balaban J connectivity index is 0. The summed E-state index contributed by atoms with van der Waals surface area (Å²) in [6, 6.07) is 0. The van der Waals surface area contributed by atoms with Crippen molar-refractivity contribution >= 4 is 5.97 Å². The smallest absolute Gasteiger partial charge is 0.549 e. The first-order chi connectivity index (χ1) is 24.2. The maximum atomic E-state index is 11.3. The van der Waals surface area contributed by atoms with E-state index in [0.717, 1.165) is 25.9 Å². The third kappa shape index (κ3) is 46.0. The maximum Gasteiger partial charge on any atom is 1.00 e. The van der Waals surface area contributed by atoms with Gasteiger partial charge in [0.1, 0.15) is 0 Å². The molecule has 294 valence electrons. The Bertz CT molecular complexity index is 571. The van der Waals surface area contributed by atoms with Crippen LogP contribution in [0.1, 0.15) is 271 Å². The fourth-order valence-electron chi connectivity index (χ4n) is 7.63.